The Hall–Kier alpha value is -2.87. The maximum Gasteiger partial charge on any atom is 0.166 e. The molecule has 0 atom stereocenters. The van der Waals surface area contributed by atoms with E-state index < -0.39 is 0 Å². The first-order chi connectivity index (χ1) is 14.7. The van der Waals surface area contributed by atoms with Gasteiger partial charge in [0, 0.05) is 12.0 Å². The number of allylic oxidation sites excluding steroid dienone is 2. The minimum absolute atomic E-state index is 0.0452. The Bertz CT molecular complexity index is 1080. The molecule has 2 nitrogen and oxygen atoms in total. The topological polar surface area (TPSA) is 30.2 Å². The molecule has 1 aliphatic rings. The molecule has 0 saturated heterocycles. The van der Waals surface area contributed by atoms with E-state index in [4.69, 9.17) is 4.42 Å². The summed E-state index contributed by atoms with van der Waals surface area (Å²) >= 11 is 0. The van der Waals surface area contributed by atoms with Crippen LogP contribution in [0.25, 0.3) is 11.1 Å². The average molecular weight is 413 g/mol. The van der Waals surface area contributed by atoms with Crippen molar-refractivity contribution in [3.63, 3.8) is 0 Å². The van der Waals surface area contributed by atoms with Crippen LogP contribution >= 0.6 is 0 Å². The SMILES string of the molecule is CC1(C)C=C(C(=O)Cc2cc(-c3ccccc3)c(Cc3ccccc3)o2)CC(C)(C)C1. The number of rotatable bonds is 6. The number of ketones is 1. The van der Waals surface area contributed by atoms with Crippen molar-refractivity contribution < 1.29 is 9.21 Å². The van der Waals surface area contributed by atoms with Gasteiger partial charge in [-0.2, -0.15) is 0 Å². The number of carbonyl (C=O) groups excluding carboxylic acids is 1. The molecule has 31 heavy (non-hydrogen) atoms. The third-order valence-electron chi connectivity index (χ3n) is 6.01. The summed E-state index contributed by atoms with van der Waals surface area (Å²) in [5.41, 5.74) is 4.53. The van der Waals surface area contributed by atoms with Gasteiger partial charge in [-0.1, -0.05) is 94.4 Å². The minimum Gasteiger partial charge on any atom is -0.465 e. The molecule has 0 unspecified atom stereocenters. The van der Waals surface area contributed by atoms with Crippen LogP contribution in [0.1, 0.15) is 57.6 Å². The molecule has 2 aromatic carbocycles. The quantitative estimate of drug-likeness (QED) is 0.421. The highest BCUT2D eigenvalue weighted by molar-refractivity contribution is 5.97. The van der Waals surface area contributed by atoms with Gasteiger partial charge in [0.1, 0.15) is 11.5 Å². The predicted octanol–water partition coefficient (Wildman–Crippen LogP) is 7.42. The first kappa shape index (κ1) is 21.4. The Kier molecular flexibility index (Phi) is 5.75. The smallest absolute Gasteiger partial charge is 0.166 e. The second-order valence-corrected chi connectivity index (χ2v) is 10.4. The predicted molar refractivity (Wildman–Crippen MR) is 127 cm³/mol. The van der Waals surface area contributed by atoms with Crippen molar-refractivity contribution in [3.8, 4) is 11.1 Å². The summed E-state index contributed by atoms with van der Waals surface area (Å²) in [4.78, 5) is 13.2. The van der Waals surface area contributed by atoms with E-state index in [9.17, 15) is 4.79 Å². The fourth-order valence-electron chi connectivity index (χ4n) is 5.18. The largest absolute Gasteiger partial charge is 0.465 e. The Morgan fingerprint density at radius 2 is 1.58 bits per heavy atom. The van der Waals surface area contributed by atoms with Crippen molar-refractivity contribution in [1.29, 1.82) is 0 Å². The van der Waals surface area contributed by atoms with Gasteiger partial charge in [-0.25, -0.2) is 0 Å². The summed E-state index contributed by atoms with van der Waals surface area (Å²) in [5.74, 6) is 1.84. The molecule has 0 saturated carbocycles. The van der Waals surface area contributed by atoms with Gasteiger partial charge < -0.3 is 4.42 Å². The van der Waals surface area contributed by atoms with Crippen LogP contribution in [-0.4, -0.2) is 5.78 Å². The second kappa shape index (κ2) is 8.34. The molecule has 1 aromatic heterocycles. The zero-order valence-electron chi connectivity index (χ0n) is 19.1. The number of furan rings is 1. The van der Waals surface area contributed by atoms with Gasteiger partial charge >= 0.3 is 0 Å². The van der Waals surface area contributed by atoms with E-state index in [-0.39, 0.29) is 16.6 Å². The lowest BCUT2D eigenvalue weighted by Crippen LogP contribution is -2.29. The number of hydrogen-bond acceptors (Lipinski definition) is 2. The summed E-state index contributed by atoms with van der Waals surface area (Å²) in [5, 5.41) is 0. The highest BCUT2D eigenvalue weighted by atomic mass is 16.3. The molecule has 3 aromatic rings. The molecular weight excluding hydrogens is 380 g/mol. The van der Waals surface area contributed by atoms with Crippen LogP contribution in [-0.2, 0) is 17.6 Å². The highest BCUT2D eigenvalue weighted by Crippen LogP contribution is 2.45. The normalized spacial score (nSPS) is 17.2. The Morgan fingerprint density at radius 3 is 2.23 bits per heavy atom. The van der Waals surface area contributed by atoms with Crippen molar-refractivity contribution >= 4 is 5.78 Å². The number of carbonyl (C=O) groups is 1. The Morgan fingerprint density at radius 1 is 0.935 bits per heavy atom. The molecule has 0 fully saturated rings. The number of benzene rings is 2. The second-order valence-electron chi connectivity index (χ2n) is 10.4. The first-order valence-corrected chi connectivity index (χ1v) is 11.2. The number of hydrogen-bond donors (Lipinski definition) is 0. The van der Waals surface area contributed by atoms with Crippen molar-refractivity contribution in [2.45, 2.75) is 53.4 Å². The third kappa shape index (κ3) is 5.25. The van der Waals surface area contributed by atoms with Crippen LogP contribution in [0, 0.1) is 10.8 Å². The van der Waals surface area contributed by atoms with E-state index >= 15 is 0 Å². The van der Waals surface area contributed by atoms with Gasteiger partial charge in [0.25, 0.3) is 0 Å². The molecule has 4 rings (SSSR count). The fourth-order valence-corrected chi connectivity index (χ4v) is 5.18. The van der Waals surface area contributed by atoms with Crippen molar-refractivity contribution in [3.05, 3.63) is 95.5 Å². The molecule has 0 radical (unpaired) electrons. The lowest BCUT2D eigenvalue weighted by Gasteiger charge is -2.39. The van der Waals surface area contributed by atoms with E-state index in [2.05, 4.69) is 64.1 Å². The van der Waals surface area contributed by atoms with Crippen LogP contribution < -0.4 is 0 Å². The lowest BCUT2D eigenvalue weighted by molar-refractivity contribution is -0.115. The molecule has 0 bridgehead atoms. The van der Waals surface area contributed by atoms with Gasteiger partial charge in [0.05, 0.1) is 6.42 Å². The summed E-state index contributed by atoms with van der Waals surface area (Å²) in [7, 11) is 0. The van der Waals surface area contributed by atoms with Gasteiger partial charge in [-0.15, -0.1) is 0 Å². The van der Waals surface area contributed by atoms with Crippen molar-refractivity contribution in [1.82, 2.24) is 0 Å². The molecular formula is C29H32O2. The summed E-state index contributed by atoms with van der Waals surface area (Å²) in [6, 6.07) is 22.7. The zero-order valence-corrected chi connectivity index (χ0v) is 19.1. The molecule has 0 aliphatic heterocycles. The van der Waals surface area contributed by atoms with Gasteiger partial charge in [0.15, 0.2) is 5.78 Å². The Labute approximate surface area is 186 Å². The summed E-state index contributed by atoms with van der Waals surface area (Å²) < 4.78 is 6.29. The number of Topliss-reactive ketones (excluding diaryl/α,β-unsaturated/α-hetero) is 1. The van der Waals surface area contributed by atoms with Crippen LogP contribution in [0.15, 0.2) is 82.8 Å². The van der Waals surface area contributed by atoms with Crippen LogP contribution in [0.5, 0.6) is 0 Å². The zero-order chi connectivity index (χ0) is 22.1. The van der Waals surface area contributed by atoms with Crippen LogP contribution in [0.4, 0.5) is 0 Å². The van der Waals surface area contributed by atoms with Crippen LogP contribution in [0.3, 0.4) is 0 Å². The Balaban J connectivity index is 1.63. The van der Waals surface area contributed by atoms with E-state index in [1.54, 1.807) is 0 Å². The summed E-state index contributed by atoms with van der Waals surface area (Å²) in [6.45, 7) is 8.96. The third-order valence-corrected chi connectivity index (χ3v) is 6.01. The molecule has 0 amide bonds. The molecule has 160 valence electrons. The van der Waals surface area contributed by atoms with E-state index in [1.165, 1.54) is 5.56 Å². The van der Waals surface area contributed by atoms with Crippen LogP contribution in [0.2, 0.25) is 0 Å². The standard InChI is InChI=1S/C29H32O2/c1-28(2)18-23(19-29(3,4)20-28)26(30)17-24-16-25(22-13-9-6-10-14-22)27(31-24)15-21-11-7-5-8-12-21/h5-14,16,18H,15,17,19-20H2,1-4H3. The lowest BCUT2D eigenvalue weighted by atomic mass is 9.66. The van der Waals surface area contributed by atoms with E-state index in [1.807, 2.05) is 36.4 Å². The molecule has 0 spiro atoms. The maximum absolute atomic E-state index is 13.2. The van der Waals surface area contributed by atoms with E-state index in [0.717, 1.165) is 41.1 Å². The minimum atomic E-state index is 0.0452. The van der Waals surface area contributed by atoms with E-state index in [0.29, 0.717) is 12.8 Å². The fraction of sp³-hybridized carbons (Fsp3) is 0.345. The van der Waals surface area contributed by atoms with Gasteiger partial charge in [0.2, 0.25) is 0 Å². The highest BCUT2D eigenvalue weighted by Gasteiger charge is 2.35. The molecule has 2 heteroatoms. The first-order valence-electron chi connectivity index (χ1n) is 11.2. The molecule has 0 N–H and O–H groups in total. The van der Waals surface area contributed by atoms with Gasteiger partial charge in [-0.3, -0.25) is 4.79 Å². The molecule has 1 aliphatic carbocycles. The average Bonchev–Trinajstić information content (AvgIpc) is 3.09. The van der Waals surface area contributed by atoms with Crippen molar-refractivity contribution in [2.75, 3.05) is 0 Å². The molecule has 1 heterocycles. The monoisotopic (exact) mass is 412 g/mol. The maximum atomic E-state index is 13.2. The summed E-state index contributed by atoms with van der Waals surface area (Å²) in [6.07, 6.45) is 5.14. The van der Waals surface area contributed by atoms with Crippen molar-refractivity contribution in [2.24, 2.45) is 10.8 Å². The van der Waals surface area contributed by atoms with Gasteiger partial charge in [-0.05, 0) is 46.4 Å².